The Balaban J connectivity index is 1.42. The molecular weight excluding hydrogens is 466 g/mol. The predicted molar refractivity (Wildman–Crippen MR) is 130 cm³/mol. The van der Waals surface area contributed by atoms with Gasteiger partial charge in [0.2, 0.25) is 5.69 Å². The maximum Gasteiger partial charge on any atom is 0.339 e. The summed E-state index contributed by atoms with van der Waals surface area (Å²) < 4.78 is 50.4. The van der Waals surface area contributed by atoms with Crippen LogP contribution in [-0.4, -0.2) is 29.2 Å². The van der Waals surface area contributed by atoms with Crippen molar-refractivity contribution in [2.24, 2.45) is 0 Å². The first kappa shape index (κ1) is 21.7. The highest BCUT2D eigenvalue weighted by atomic mass is 32.2. The minimum absolute atomic E-state index is 0.0905. The van der Waals surface area contributed by atoms with Gasteiger partial charge < -0.3 is 18.4 Å². The minimum Gasteiger partial charge on any atom is -0.497 e. The van der Waals surface area contributed by atoms with Crippen LogP contribution in [0.15, 0.2) is 65.7 Å². The molecule has 0 N–H and O–H groups in total. The van der Waals surface area contributed by atoms with E-state index in [2.05, 4.69) is 29.0 Å². The molecule has 0 fully saturated rings. The van der Waals surface area contributed by atoms with Crippen LogP contribution in [0.3, 0.4) is 0 Å². The van der Waals surface area contributed by atoms with Gasteiger partial charge in [-0.1, -0.05) is 0 Å². The van der Waals surface area contributed by atoms with Crippen LogP contribution < -0.4 is 23.0 Å². The van der Waals surface area contributed by atoms with Gasteiger partial charge in [-0.15, -0.1) is 0 Å². The zero-order valence-electron chi connectivity index (χ0n) is 19.4. The Bertz CT molecular complexity index is 1600. The van der Waals surface area contributed by atoms with Gasteiger partial charge in [0.25, 0.3) is 0 Å². The number of hydrogen-bond donors (Lipinski definition) is 0. The van der Waals surface area contributed by atoms with Gasteiger partial charge in [0, 0.05) is 29.9 Å². The molecule has 8 heteroatoms. The van der Waals surface area contributed by atoms with Gasteiger partial charge in [-0.05, 0) is 65.0 Å². The monoisotopic (exact) mass is 490 g/mol. The quantitative estimate of drug-likeness (QED) is 0.310. The lowest BCUT2D eigenvalue weighted by molar-refractivity contribution is -0.686. The fourth-order valence-corrected chi connectivity index (χ4v) is 5.80. The molecule has 4 aromatic rings. The number of pyridine rings is 1. The molecule has 0 aliphatic carbocycles. The second-order valence-corrected chi connectivity index (χ2v) is 10.2. The SMILES string of the molecule is COc1ccc2c(c1)CC[n+]1cc3cc(OC)c(OS(=O)(=O)c4ccc5c(c4)CCO5)cc3cc1-2. The molecule has 0 bridgehead atoms. The van der Waals surface area contributed by atoms with Crippen molar-refractivity contribution >= 4 is 20.9 Å². The smallest absolute Gasteiger partial charge is 0.339 e. The van der Waals surface area contributed by atoms with Gasteiger partial charge in [0.1, 0.15) is 16.4 Å². The van der Waals surface area contributed by atoms with E-state index in [1.165, 1.54) is 18.7 Å². The zero-order valence-corrected chi connectivity index (χ0v) is 20.2. The van der Waals surface area contributed by atoms with Gasteiger partial charge in [-0.3, -0.25) is 0 Å². The van der Waals surface area contributed by atoms with E-state index in [9.17, 15) is 8.42 Å². The van der Waals surface area contributed by atoms with Gasteiger partial charge in [0.15, 0.2) is 24.2 Å². The van der Waals surface area contributed by atoms with Crippen molar-refractivity contribution in [3.63, 3.8) is 0 Å². The van der Waals surface area contributed by atoms with Gasteiger partial charge in [-0.2, -0.15) is 13.0 Å². The van der Waals surface area contributed by atoms with Crippen LogP contribution in [0.2, 0.25) is 0 Å². The Hall–Kier alpha value is -3.78. The Kier molecular flexibility index (Phi) is 5.07. The number of fused-ring (bicyclic) bond motifs is 5. The normalized spacial score (nSPS) is 14.0. The third-order valence-corrected chi connectivity index (χ3v) is 7.86. The highest BCUT2D eigenvalue weighted by Gasteiger charge is 2.26. The Morgan fingerprint density at radius 3 is 2.54 bits per heavy atom. The minimum atomic E-state index is -4.06. The number of nitrogens with zero attached hydrogens (tertiary/aromatic N) is 1. The third-order valence-electron chi connectivity index (χ3n) is 6.63. The fourth-order valence-electron chi connectivity index (χ4n) is 4.82. The Morgan fingerprint density at radius 1 is 0.857 bits per heavy atom. The lowest BCUT2D eigenvalue weighted by atomic mass is 9.95. The van der Waals surface area contributed by atoms with Gasteiger partial charge >= 0.3 is 10.1 Å². The lowest BCUT2D eigenvalue weighted by Gasteiger charge is -2.17. The van der Waals surface area contributed by atoms with Crippen LogP contribution in [0.25, 0.3) is 22.0 Å². The van der Waals surface area contributed by atoms with E-state index in [1.54, 1.807) is 25.3 Å². The molecule has 0 saturated carbocycles. The highest BCUT2D eigenvalue weighted by molar-refractivity contribution is 7.87. The molecule has 0 radical (unpaired) electrons. The van der Waals surface area contributed by atoms with Crippen molar-refractivity contribution in [1.82, 2.24) is 0 Å². The van der Waals surface area contributed by atoms with Crippen LogP contribution in [0, 0.1) is 0 Å². The summed E-state index contributed by atoms with van der Waals surface area (Å²) in [6, 6.07) is 16.5. The molecule has 1 aromatic heterocycles. The molecule has 7 nitrogen and oxygen atoms in total. The molecule has 6 rings (SSSR count). The molecule has 0 saturated heterocycles. The van der Waals surface area contributed by atoms with Crippen LogP contribution >= 0.6 is 0 Å². The van der Waals surface area contributed by atoms with E-state index < -0.39 is 10.1 Å². The van der Waals surface area contributed by atoms with E-state index >= 15 is 0 Å². The molecule has 35 heavy (non-hydrogen) atoms. The number of benzene rings is 3. The molecule has 0 spiro atoms. The van der Waals surface area contributed by atoms with Crippen molar-refractivity contribution in [2.75, 3.05) is 20.8 Å². The maximum atomic E-state index is 13.1. The van der Waals surface area contributed by atoms with E-state index in [0.717, 1.165) is 46.3 Å². The third kappa shape index (κ3) is 3.74. The van der Waals surface area contributed by atoms with Crippen molar-refractivity contribution in [3.8, 4) is 34.3 Å². The number of methoxy groups -OCH3 is 2. The lowest BCUT2D eigenvalue weighted by Crippen LogP contribution is -2.39. The molecule has 2 aliphatic rings. The molecular formula is C27H24NO6S+. The average Bonchev–Trinajstić information content (AvgIpc) is 3.34. The van der Waals surface area contributed by atoms with Crippen molar-refractivity contribution < 1.29 is 31.4 Å². The largest absolute Gasteiger partial charge is 0.497 e. The summed E-state index contributed by atoms with van der Waals surface area (Å²) in [6.45, 7) is 1.39. The van der Waals surface area contributed by atoms with E-state index in [1.807, 2.05) is 12.1 Å². The van der Waals surface area contributed by atoms with Gasteiger partial charge in [-0.25, -0.2) is 0 Å². The summed E-state index contributed by atoms with van der Waals surface area (Å²) in [5.74, 6) is 2.05. The average molecular weight is 491 g/mol. The summed E-state index contributed by atoms with van der Waals surface area (Å²) in [7, 11) is -0.895. The predicted octanol–water partition coefficient (Wildman–Crippen LogP) is 4.07. The van der Waals surface area contributed by atoms with Gasteiger partial charge in [0.05, 0.1) is 20.8 Å². The molecule has 3 heterocycles. The molecule has 2 aliphatic heterocycles. The molecule has 0 amide bonds. The second kappa shape index (κ2) is 8.16. The summed E-state index contributed by atoms with van der Waals surface area (Å²) in [5, 5.41) is 1.79. The molecule has 0 unspecified atom stereocenters. The second-order valence-electron chi connectivity index (χ2n) is 8.66. The standard InChI is InChI=1S/C27H24NO6S/c1-31-21-3-5-23-17(11-21)7-9-28-16-20-15-26(32-2)27(14-19(20)13-24(23)28)34-35(29,30)22-4-6-25-18(12-22)8-10-33-25/h3-6,11-16H,7-10H2,1-2H3/q+1. The number of rotatable bonds is 5. The molecule has 3 aromatic carbocycles. The maximum absolute atomic E-state index is 13.1. The Morgan fingerprint density at radius 2 is 1.71 bits per heavy atom. The first-order chi connectivity index (χ1) is 16.9. The van der Waals surface area contributed by atoms with Crippen LogP contribution in [0.4, 0.5) is 0 Å². The Labute approximate surface area is 203 Å². The first-order valence-corrected chi connectivity index (χ1v) is 12.8. The summed E-state index contributed by atoms with van der Waals surface area (Å²) in [4.78, 5) is 0.0905. The fraction of sp³-hybridized carbons (Fsp3) is 0.222. The van der Waals surface area contributed by atoms with E-state index in [-0.39, 0.29) is 10.6 Å². The van der Waals surface area contributed by atoms with Crippen molar-refractivity contribution in [1.29, 1.82) is 0 Å². The molecule has 0 atom stereocenters. The van der Waals surface area contributed by atoms with E-state index in [0.29, 0.717) is 24.5 Å². The first-order valence-electron chi connectivity index (χ1n) is 11.4. The summed E-state index contributed by atoms with van der Waals surface area (Å²) in [5.41, 5.74) is 4.26. The van der Waals surface area contributed by atoms with Crippen molar-refractivity contribution in [3.05, 3.63) is 71.9 Å². The van der Waals surface area contributed by atoms with Crippen LogP contribution in [0.1, 0.15) is 11.1 Å². The number of aromatic nitrogens is 1. The zero-order chi connectivity index (χ0) is 24.2. The van der Waals surface area contributed by atoms with Crippen LogP contribution in [0.5, 0.6) is 23.0 Å². The summed E-state index contributed by atoms with van der Waals surface area (Å²) in [6.07, 6.45) is 3.64. The van der Waals surface area contributed by atoms with Crippen LogP contribution in [-0.2, 0) is 29.5 Å². The summed E-state index contributed by atoms with van der Waals surface area (Å²) >= 11 is 0. The number of ether oxygens (including phenoxy) is 3. The highest BCUT2D eigenvalue weighted by Crippen LogP contribution is 2.37. The molecule has 178 valence electrons. The topological polar surface area (TPSA) is 74.9 Å². The number of hydrogen-bond acceptors (Lipinski definition) is 6. The number of aryl methyl sites for hydroxylation is 2. The van der Waals surface area contributed by atoms with Crippen molar-refractivity contribution in [2.45, 2.75) is 24.3 Å². The van der Waals surface area contributed by atoms with E-state index in [4.69, 9.17) is 18.4 Å².